The number of rotatable bonds is 2. The van der Waals surface area contributed by atoms with E-state index in [9.17, 15) is 17.6 Å². The van der Waals surface area contributed by atoms with Crippen LogP contribution in [0.25, 0.3) is 11.1 Å². The number of benzene rings is 2. The first-order chi connectivity index (χ1) is 8.97. The average molecular weight is 291 g/mol. The number of halogens is 5. The summed E-state index contributed by atoms with van der Waals surface area (Å²) in [6.45, 7) is 0. The Morgan fingerprint density at radius 1 is 0.947 bits per heavy atom. The van der Waals surface area contributed by atoms with Gasteiger partial charge in [0.05, 0.1) is 12.7 Å². The number of ether oxygens (including phenoxy) is 1. The van der Waals surface area contributed by atoms with Crippen LogP contribution in [-0.2, 0) is 0 Å². The third-order valence-corrected chi connectivity index (χ3v) is 2.78. The third kappa shape index (κ3) is 2.26. The molecule has 0 bridgehead atoms. The summed E-state index contributed by atoms with van der Waals surface area (Å²) < 4.78 is 59.0. The van der Waals surface area contributed by atoms with Gasteiger partial charge in [0, 0.05) is 5.02 Å². The molecule has 0 spiro atoms. The lowest BCUT2D eigenvalue weighted by molar-refractivity contribution is 0.334. The molecule has 2 aromatic carbocycles. The minimum Gasteiger partial charge on any atom is -0.491 e. The SMILES string of the molecule is COc1c(F)c(F)c(-c2cccc(Cl)c2)c(F)c1F. The maximum absolute atomic E-state index is 13.8. The van der Waals surface area contributed by atoms with E-state index in [0.29, 0.717) is 0 Å². The van der Waals surface area contributed by atoms with E-state index >= 15 is 0 Å². The molecular formula is C13H7ClF4O. The maximum atomic E-state index is 13.8. The largest absolute Gasteiger partial charge is 0.491 e. The fraction of sp³-hybridized carbons (Fsp3) is 0.0769. The zero-order valence-corrected chi connectivity index (χ0v) is 10.4. The molecule has 1 nitrogen and oxygen atoms in total. The van der Waals surface area contributed by atoms with Gasteiger partial charge in [0.25, 0.3) is 0 Å². The van der Waals surface area contributed by atoms with Gasteiger partial charge in [0.15, 0.2) is 17.4 Å². The molecule has 0 aromatic heterocycles. The normalized spacial score (nSPS) is 10.6. The van der Waals surface area contributed by atoms with Gasteiger partial charge < -0.3 is 4.74 Å². The van der Waals surface area contributed by atoms with E-state index in [1.54, 1.807) is 0 Å². The third-order valence-electron chi connectivity index (χ3n) is 2.54. The Labute approximate surface area is 111 Å². The van der Waals surface area contributed by atoms with Crippen LogP contribution in [0.5, 0.6) is 5.75 Å². The Hall–Kier alpha value is -1.75. The van der Waals surface area contributed by atoms with E-state index in [2.05, 4.69) is 4.74 Å². The maximum Gasteiger partial charge on any atom is 0.204 e. The van der Waals surface area contributed by atoms with Crippen LogP contribution in [0, 0.1) is 23.3 Å². The van der Waals surface area contributed by atoms with Crippen molar-refractivity contribution in [2.45, 2.75) is 0 Å². The van der Waals surface area contributed by atoms with Crippen LogP contribution < -0.4 is 4.74 Å². The van der Waals surface area contributed by atoms with Crippen molar-refractivity contribution in [2.24, 2.45) is 0 Å². The molecule has 0 amide bonds. The molecular weight excluding hydrogens is 284 g/mol. The van der Waals surface area contributed by atoms with Gasteiger partial charge in [0.1, 0.15) is 0 Å². The predicted molar refractivity (Wildman–Crippen MR) is 63.3 cm³/mol. The van der Waals surface area contributed by atoms with Crippen molar-refractivity contribution in [3.8, 4) is 16.9 Å². The first-order valence-corrected chi connectivity index (χ1v) is 5.51. The van der Waals surface area contributed by atoms with Gasteiger partial charge in [-0.3, -0.25) is 0 Å². The first kappa shape index (κ1) is 13.7. The molecule has 0 aliphatic heterocycles. The van der Waals surface area contributed by atoms with Crippen LogP contribution in [0.3, 0.4) is 0 Å². The smallest absolute Gasteiger partial charge is 0.204 e. The highest BCUT2D eigenvalue weighted by Crippen LogP contribution is 2.36. The second-order valence-electron chi connectivity index (χ2n) is 3.67. The number of hydrogen-bond acceptors (Lipinski definition) is 1. The average Bonchev–Trinajstić information content (AvgIpc) is 2.38. The molecule has 0 unspecified atom stereocenters. The summed E-state index contributed by atoms with van der Waals surface area (Å²) in [6.07, 6.45) is 0. The highest BCUT2D eigenvalue weighted by Gasteiger charge is 2.26. The van der Waals surface area contributed by atoms with E-state index in [1.165, 1.54) is 24.3 Å². The predicted octanol–water partition coefficient (Wildman–Crippen LogP) is 4.57. The lowest BCUT2D eigenvalue weighted by atomic mass is 10.0. The molecule has 0 fully saturated rings. The lowest BCUT2D eigenvalue weighted by Crippen LogP contribution is -2.03. The van der Waals surface area contributed by atoms with Crippen molar-refractivity contribution in [2.75, 3.05) is 7.11 Å². The van der Waals surface area contributed by atoms with Gasteiger partial charge in [-0.25, -0.2) is 8.78 Å². The number of methoxy groups -OCH3 is 1. The Morgan fingerprint density at radius 2 is 1.53 bits per heavy atom. The zero-order chi connectivity index (χ0) is 14.2. The zero-order valence-electron chi connectivity index (χ0n) is 9.61. The van der Waals surface area contributed by atoms with Crippen LogP contribution >= 0.6 is 11.6 Å². The molecule has 0 aliphatic rings. The monoisotopic (exact) mass is 290 g/mol. The van der Waals surface area contributed by atoms with E-state index in [-0.39, 0.29) is 10.6 Å². The van der Waals surface area contributed by atoms with Crippen LogP contribution in [0.2, 0.25) is 5.02 Å². The van der Waals surface area contributed by atoms with E-state index in [1.807, 2.05) is 0 Å². The van der Waals surface area contributed by atoms with Gasteiger partial charge in [-0.15, -0.1) is 0 Å². The van der Waals surface area contributed by atoms with E-state index in [4.69, 9.17) is 11.6 Å². The van der Waals surface area contributed by atoms with Gasteiger partial charge >= 0.3 is 0 Å². The molecule has 0 saturated heterocycles. The molecule has 19 heavy (non-hydrogen) atoms. The summed E-state index contributed by atoms with van der Waals surface area (Å²) in [7, 11) is 0.916. The molecule has 2 rings (SSSR count). The van der Waals surface area contributed by atoms with Crippen LogP contribution in [0.1, 0.15) is 0 Å². The molecule has 0 aliphatic carbocycles. The summed E-state index contributed by atoms with van der Waals surface area (Å²) in [5.74, 6) is -7.33. The molecule has 0 radical (unpaired) electrons. The highest BCUT2D eigenvalue weighted by molar-refractivity contribution is 6.30. The second kappa shape index (κ2) is 5.09. The summed E-state index contributed by atoms with van der Waals surface area (Å²) in [5.41, 5.74) is -0.888. The minimum atomic E-state index is -1.59. The van der Waals surface area contributed by atoms with Gasteiger partial charge in [-0.05, 0) is 17.7 Å². The van der Waals surface area contributed by atoms with Gasteiger partial charge in [0.2, 0.25) is 11.6 Å². The second-order valence-corrected chi connectivity index (χ2v) is 4.11. The Balaban J connectivity index is 2.78. The first-order valence-electron chi connectivity index (χ1n) is 5.13. The summed E-state index contributed by atoms with van der Waals surface area (Å²) in [4.78, 5) is 0. The molecule has 0 saturated carbocycles. The molecule has 0 heterocycles. The van der Waals surface area contributed by atoms with Crippen molar-refractivity contribution >= 4 is 11.6 Å². The van der Waals surface area contributed by atoms with Crippen LogP contribution in [-0.4, -0.2) is 7.11 Å². The van der Waals surface area contributed by atoms with Gasteiger partial charge in [-0.2, -0.15) is 8.78 Å². The van der Waals surface area contributed by atoms with Crippen molar-refractivity contribution in [1.29, 1.82) is 0 Å². The Kier molecular flexibility index (Phi) is 3.66. The van der Waals surface area contributed by atoms with Crippen molar-refractivity contribution in [3.05, 3.63) is 52.6 Å². The fourth-order valence-corrected chi connectivity index (χ4v) is 1.88. The molecule has 0 N–H and O–H groups in total. The summed E-state index contributed by atoms with van der Waals surface area (Å²) >= 11 is 5.68. The standard InChI is InChI=1S/C13H7ClF4O/c1-19-13-11(17)9(15)8(10(16)12(13)18)6-3-2-4-7(14)5-6/h2-5H,1H3. The number of hydrogen-bond donors (Lipinski definition) is 0. The Bertz CT molecular complexity index is 614. The summed E-state index contributed by atoms with van der Waals surface area (Å²) in [6, 6.07) is 5.38. The van der Waals surface area contributed by atoms with Crippen molar-refractivity contribution < 1.29 is 22.3 Å². The van der Waals surface area contributed by atoms with Crippen molar-refractivity contribution in [3.63, 3.8) is 0 Å². The quantitative estimate of drug-likeness (QED) is 0.581. The molecule has 100 valence electrons. The van der Waals surface area contributed by atoms with Gasteiger partial charge in [-0.1, -0.05) is 23.7 Å². The highest BCUT2D eigenvalue weighted by atomic mass is 35.5. The molecule has 0 atom stereocenters. The molecule has 6 heteroatoms. The summed E-state index contributed by atoms with van der Waals surface area (Å²) in [5, 5.41) is 0.188. The van der Waals surface area contributed by atoms with E-state index < -0.39 is 34.6 Å². The fourth-order valence-electron chi connectivity index (χ4n) is 1.69. The van der Waals surface area contributed by atoms with E-state index in [0.717, 1.165) is 7.11 Å². The van der Waals surface area contributed by atoms with Crippen LogP contribution in [0.4, 0.5) is 17.6 Å². The Morgan fingerprint density at radius 3 is 2.00 bits per heavy atom. The topological polar surface area (TPSA) is 9.23 Å². The molecule has 2 aromatic rings. The van der Waals surface area contributed by atoms with Crippen LogP contribution in [0.15, 0.2) is 24.3 Å². The lowest BCUT2D eigenvalue weighted by Gasteiger charge is -2.11. The minimum absolute atomic E-state index is 0.0667. The van der Waals surface area contributed by atoms with Crippen molar-refractivity contribution in [1.82, 2.24) is 0 Å².